The van der Waals surface area contributed by atoms with Crippen LogP contribution in [0.3, 0.4) is 0 Å². The molecule has 3 aromatic rings. The van der Waals surface area contributed by atoms with Crippen LogP contribution in [-0.2, 0) is 21.4 Å². The van der Waals surface area contributed by atoms with Crippen LogP contribution >= 0.6 is 50.7 Å². The quantitative estimate of drug-likeness (QED) is 0.269. The van der Waals surface area contributed by atoms with Gasteiger partial charge in [-0.1, -0.05) is 68.9 Å². The lowest BCUT2D eigenvalue weighted by molar-refractivity contribution is -0.121. The first-order valence-electron chi connectivity index (χ1n) is 9.42. The Morgan fingerprint density at radius 1 is 0.970 bits per heavy atom. The molecule has 0 aliphatic rings. The molecule has 0 saturated heterocycles. The number of benzene rings is 3. The van der Waals surface area contributed by atoms with E-state index in [9.17, 15) is 13.2 Å². The first kappa shape index (κ1) is 25.7. The third kappa shape index (κ3) is 7.27. The topological polar surface area (TPSA) is 78.8 Å². The molecule has 0 aliphatic carbocycles. The molecule has 1 N–H and O–H groups in total. The number of hydrogen-bond acceptors (Lipinski definition) is 4. The van der Waals surface area contributed by atoms with Crippen molar-refractivity contribution in [3.05, 3.63) is 97.4 Å². The van der Waals surface area contributed by atoms with E-state index in [-0.39, 0.29) is 16.5 Å². The lowest BCUT2D eigenvalue weighted by Crippen LogP contribution is -2.39. The molecular weight excluding hydrogens is 573 g/mol. The minimum atomic E-state index is -4.05. The second kappa shape index (κ2) is 11.5. The Morgan fingerprint density at radius 2 is 1.61 bits per heavy atom. The van der Waals surface area contributed by atoms with Crippen molar-refractivity contribution in [2.24, 2.45) is 5.10 Å². The average Bonchev–Trinajstić information content (AvgIpc) is 2.76. The molecular formula is C22H17BrCl3N3O3S. The summed E-state index contributed by atoms with van der Waals surface area (Å²) in [6, 6.07) is 17.7. The van der Waals surface area contributed by atoms with E-state index in [1.165, 1.54) is 36.5 Å². The number of sulfonamides is 1. The maximum absolute atomic E-state index is 13.3. The van der Waals surface area contributed by atoms with Gasteiger partial charge in [0.2, 0.25) is 10.0 Å². The van der Waals surface area contributed by atoms with Crippen LogP contribution < -0.4 is 5.43 Å². The third-order valence-electron chi connectivity index (χ3n) is 4.41. The van der Waals surface area contributed by atoms with Crippen molar-refractivity contribution < 1.29 is 13.2 Å². The molecule has 0 heterocycles. The average molecular weight is 590 g/mol. The van der Waals surface area contributed by atoms with E-state index in [1.807, 2.05) is 12.1 Å². The monoisotopic (exact) mass is 587 g/mol. The predicted molar refractivity (Wildman–Crippen MR) is 135 cm³/mol. The van der Waals surface area contributed by atoms with E-state index in [0.717, 1.165) is 14.3 Å². The molecule has 0 fully saturated rings. The smallest absolute Gasteiger partial charge is 0.255 e. The third-order valence-corrected chi connectivity index (χ3v) is 7.58. The van der Waals surface area contributed by atoms with Crippen molar-refractivity contribution in [2.45, 2.75) is 11.4 Å². The largest absolute Gasteiger partial charge is 0.272 e. The molecule has 172 valence electrons. The molecule has 0 atom stereocenters. The molecule has 0 spiro atoms. The summed E-state index contributed by atoms with van der Waals surface area (Å²) in [6.07, 6.45) is 1.46. The summed E-state index contributed by atoms with van der Waals surface area (Å²) < 4.78 is 28.5. The standard InChI is InChI=1S/C22H17BrCl3N3O3S/c23-17-4-1-15(2-5-17)12-27-28-22(30)14-29(13-16-3-6-19(25)11-21(16)26)33(31,32)20-9-7-18(24)8-10-20/h1-12H,13-14H2,(H,28,30)/b27-12-. The fourth-order valence-corrected chi connectivity index (χ4v) is 4.98. The van der Waals surface area contributed by atoms with Crippen molar-refractivity contribution >= 4 is 72.9 Å². The van der Waals surface area contributed by atoms with Crippen LogP contribution in [0.4, 0.5) is 0 Å². The predicted octanol–water partition coefficient (Wildman–Crippen LogP) is 5.75. The van der Waals surface area contributed by atoms with Crippen molar-refractivity contribution in [3.8, 4) is 0 Å². The molecule has 0 bridgehead atoms. The number of halogens is 4. The van der Waals surface area contributed by atoms with E-state index in [4.69, 9.17) is 34.8 Å². The van der Waals surface area contributed by atoms with Crippen LogP contribution in [-0.4, -0.2) is 31.4 Å². The minimum absolute atomic E-state index is 0.0110. The van der Waals surface area contributed by atoms with E-state index in [2.05, 4.69) is 26.5 Å². The molecule has 0 saturated carbocycles. The number of amides is 1. The van der Waals surface area contributed by atoms with Gasteiger partial charge in [0, 0.05) is 26.1 Å². The number of nitrogens with one attached hydrogen (secondary N) is 1. The Kier molecular flexibility index (Phi) is 8.92. The van der Waals surface area contributed by atoms with Gasteiger partial charge in [-0.3, -0.25) is 4.79 Å². The minimum Gasteiger partial charge on any atom is -0.272 e. The van der Waals surface area contributed by atoms with Crippen LogP contribution in [0.25, 0.3) is 0 Å². The Labute approximate surface area is 215 Å². The fraction of sp³-hybridized carbons (Fsp3) is 0.0909. The zero-order valence-electron chi connectivity index (χ0n) is 16.9. The maximum atomic E-state index is 13.3. The van der Waals surface area contributed by atoms with Gasteiger partial charge >= 0.3 is 0 Å². The molecule has 0 radical (unpaired) electrons. The highest BCUT2D eigenvalue weighted by atomic mass is 79.9. The van der Waals surface area contributed by atoms with Gasteiger partial charge in [-0.25, -0.2) is 13.8 Å². The van der Waals surface area contributed by atoms with Gasteiger partial charge in [-0.2, -0.15) is 9.41 Å². The first-order chi connectivity index (χ1) is 15.6. The van der Waals surface area contributed by atoms with Gasteiger partial charge in [0.05, 0.1) is 17.7 Å². The second-order valence-electron chi connectivity index (χ2n) is 6.81. The summed E-state index contributed by atoms with van der Waals surface area (Å²) in [6.45, 7) is -0.633. The molecule has 0 unspecified atom stereocenters. The highest BCUT2D eigenvalue weighted by molar-refractivity contribution is 9.10. The highest BCUT2D eigenvalue weighted by Crippen LogP contribution is 2.25. The van der Waals surface area contributed by atoms with E-state index in [1.54, 1.807) is 24.3 Å². The molecule has 1 amide bonds. The van der Waals surface area contributed by atoms with Crippen LogP contribution in [0.2, 0.25) is 15.1 Å². The van der Waals surface area contributed by atoms with Gasteiger partial charge in [0.15, 0.2) is 0 Å². The summed E-state index contributed by atoms with van der Waals surface area (Å²) in [7, 11) is -4.05. The van der Waals surface area contributed by atoms with Crippen LogP contribution in [0.5, 0.6) is 0 Å². The SMILES string of the molecule is O=C(CN(Cc1ccc(Cl)cc1Cl)S(=O)(=O)c1ccc(Cl)cc1)N/N=C\c1ccc(Br)cc1. The molecule has 0 aromatic heterocycles. The fourth-order valence-electron chi connectivity index (χ4n) is 2.74. The molecule has 3 rings (SSSR count). The highest BCUT2D eigenvalue weighted by Gasteiger charge is 2.27. The molecule has 0 aliphatic heterocycles. The van der Waals surface area contributed by atoms with Crippen LogP contribution in [0.1, 0.15) is 11.1 Å². The number of rotatable bonds is 8. The summed E-state index contributed by atoms with van der Waals surface area (Å²) in [5.41, 5.74) is 3.61. The number of nitrogens with zero attached hydrogens (tertiary/aromatic N) is 2. The zero-order chi connectivity index (χ0) is 24.0. The van der Waals surface area contributed by atoms with Crippen molar-refractivity contribution in [2.75, 3.05) is 6.54 Å². The van der Waals surface area contributed by atoms with Gasteiger partial charge in [0.25, 0.3) is 5.91 Å². The number of carbonyl (C=O) groups is 1. The van der Waals surface area contributed by atoms with E-state index in [0.29, 0.717) is 15.6 Å². The summed E-state index contributed by atoms with van der Waals surface area (Å²) in [5.74, 6) is -0.619. The molecule has 11 heteroatoms. The molecule has 33 heavy (non-hydrogen) atoms. The number of carbonyl (C=O) groups excluding carboxylic acids is 1. The normalized spacial score (nSPS) is 11.8. The van der Waals surface area contributed by atoms with Gasteiger partial charge < -0.3 is 0 Å². The number of hydrogen-bond donors (Lipinski definition) is 1. The van der Waals surface area contributed by atoms with Gasteiger partial charge in [-0.15, -0.1) is 0 Å². The molecule has 3 aromatic carbocycles. The Hall–Kier alpha value is -1.94. The van der Waals surface area contributed by atoms with Gasteiger partial charge in [-0.05, 0) is 59.7 Å². The number of hydrazone groups is 1. The van der Waals surface area contributed by atoms with Crippen molar-refractivity contribution in [1.82, 2.24) is 9.73 Å². The Bertz CT molecular complexity index is 1270. The Morgan fingerprint density at radius 3 is 2.24 bits per heavy atom. The van der Waals surface area contributed by atoms with Crippen molar-refractivity contribution in [3.63, 3.8) is 0 Å². The summed E-state index contributed by atoms with van der Waals surface area (Å²) in [5, 5.41) is 4.99. The van der Waals surface area contributed by atoms with E-state index < -0.39 is 22.5 Å². The Balaban J connectivity index is 1.82. The first-order valence-corrected chi connectivity index (χ1v) is 12.8. The second-order valence-corrected chi connectivity index (χ2v) is 10.9. The lowest BCUT2D eigenvalue weighted by atomic mass is 10.2. The van der Waals surface area contributed by atoms with Crippen molar-refractivity contribution in [1.29, 1.82) is 0 Å². The van der Waals surface area contributed by atoms with Crippen LogP contribution in [0, 0.1) is 0 Å². The maximum Gasteiger partial charge on any atom is 0.255 e. The summed E-state index contributed by atoms with van der Waals surface area (Å²) >= 11 is 21.4. The zero-order valence-corrected chi connectivity index (χ0v) is 21.6. The van der Waals surface area contributed by atoms with Gasteiger partial charge in [0.1, 0.15) is 0 Å². The lowest BCUT2D eigenvalue weighted by Gasteiger charge is -2.22. The van der Waals surface area contributed by atoms with E-state index >= 15 is 0 Å². The molecule has 6 nitrogen and oxygen atoms in total. The summed E-state index contributed by atoms with van der Waals surface area (Å²) in [4.78, 5) is 12.5. The van der Waals surface area contributed by atoms with Crippen LogP contribution in [0.15, 0.2) is 81.2 Å².